The van der Waals surface area contributed by atoms with Crippen LogP contribution >= 0.6 is 11.3 Å². The Morgan fingerprint density at radius 3 is 2.70 bits per heavy atom. The number of para-hydroxylation sites is 1. The van der Waals surface area contributed by atoms with E-state index in [1.807, 2.05) is 30.3 Å². The highest BCUT2D eigenvalue weighted by molar-refractivity contribution is 7.22. The Bertz CT molecular complexity index is 1540. The quantitative estimate of drug-likeness (QED) is 0.420. The van der Waals surface area contributed by atoms with E-state index < -0.39 is 11.7 Å². The van der Waals surface area contributed by atoms with E-state index in [1.54, 1.807) is 13.0 Å². The number of carbonyl (C=O) groups is 1. The molecule has 33 heavy (non-hydrogen) atoms. The highest BCUT2D eigenvalue weighted by atomic mass is 32.1. The summed E-state index contributed by atoms with van der Waals surface area (Å²) in [6, 6.07) is 15.2. The van der Waals surface area contributed by atoms with Gasteiger partial charge in [-0.05, 0) is 24.6 Å². The molecule has 2 aromatic carbocycles. The van der Waals surface area contributed by atoms with Crippen molar-refractivity contribution in [2.75, 3.05) is 5.32 Å². The van der Waals surface area contributed by atoms with Gasteiger partial charge in [0.15, 0.2) is 0 Å². The van der Waals surface area contributed by atoms with Gasteiger partial charge in [0.1, 0.15) is 17.2 Å². The maximum Gasteiger partial charge on any atom is 0.268 e. The molecular weight excluding hydrogens is 445 g/mol. The Balaban J connectivity index is 1.45. The summed E-state index contributed by atoms with van der Waals surface area (Å²) < 4.78 is 20.4. The summed E-state index contributed by atoms with van der Waals surface area (Å²) >= 11 is 1.26. The van der Waals surface area contributed by atoms with Crippen LogP contribution < -0.4 is 10.9 Å². The number of amides is 1. The van der Waals surface area contributed by atoms with Crippen LogP contribution in [0.2, 0.25) is 0 Å². The summed E-state index contributed by atoms with van der Waals surface area (Å²) in [6.45, 7) is 1.47. The SMILES string of the molecule is Cc1c(-c2nc(-c3ccccc3)no2)sc2ncn(CC(=O)Nc3ccccc3F)c(=O)c12. The molecule has 10 heteroatoms. The number of carbonyl (C=O) groups excluding carboxylic acids is 1. The first-order chi connectivity index (χ1) is 16.0. The molecule has 3 aromatic heterocycles. The third-order valence-electron chi connectivity index (χ3n) is 5.03. The molecule has 5 rings (SSSR count). The van der Waals surface area contributed by atoms with E-state index in [1.165, 1.54) is 40.4 Å². The van der Waals surface area contributed by atoms with Gasteiger partial charge in [0, 0.05) is 5.56 Å². The third kappa shape index (κ3) is 3.92. The third-order valence-corrected chi connectivity index (χ3v) is 6.22. The van der Waals surface area contributed by atoms with Gasteiger partial charge in [-0.1, -0.05) is 47.6 Å². The Labute approximate surface area is 190 Å². The Hall–Kier alpha value is -4.18. The molecule has 5 aromatic rings. The lowest BCUT2D eigenvalue weighted by Gasteiger charge is -2.08. The van der Waals surface area contributed by atoms with Crippen LogP contribution in [-0.2, 0) is 11.3 Å². The number of thiophene rings is 1. The second kappa shape index (κ2) is 8.40. The predicted molar refractivity (Wildman–Crippen MR) is 122 cm³/mol. The minimum absolute atomic E-state index is 0.0456. The van der Waals surface area contributed by atoms with Crippen LogP contribution in [0.3, 0.4) is 0 Å². The zero-order valence-electron chi connectivity index (χ0n) is 17.3. The standard InChI is InChI=1S/C23H16FN5O3S/c1-13-18-22(33-19(13)21-27-20(28-32-21)14-7-3-2-4-8-14)25-12-29(23(18)31)11-17(30)26-16-10-6-5-9-15(16)24/h2-10,12H,11H2,1H3,(H,26,30). The number of halogens is 1. The first-order valence-electron chi connectivity index (χ1n) is 9.93. The molecule has 0 saturated heterocycles. The van der Waals surface area contributed by atoms with Crippen molar-refractivity contribution in [1.29, 1.82) is 0 Å². The van der Waals surface area contributed by atoms with Crippen LogP contribution in [0, 0.1) is 12.7 Å². The number of nitrogens with one attached hydrogen (secondary N) is 1. The van der Waals surface area contributed by atoms with Crippen molar-refractivity contribution in [2.45, 2.75) is 13.5 Å². The molecule has 0 spiro atoms. The highest BCUT2D eigenvalue weighted by Gasteiger charge is 2.21. The van der Waals surface area contributed by atoms with Crippen LogP contribution in [0.1, 0.15) is 5.56 Å². The molecule has 0 aliphatic rings. The Morgan fingerprint density at radius 1 is 1.15 bits per heavy atom. The van der Waals surface area contributed by atoms with Gasteiger partial charge in [0.2, 0.25) is 11.7 Å². The van der Waals surface area contributed by atoms with Crippen LogP contribution in [-0.4, -0.2) is 25.6 Å². The van der Waals surface area contributed by atoms with E-state index in [9.17, 15) is 14.0 Å². The molecule has 1 N–H and O–H groups in total. The largest absolute Gasteiger partial charge is 0.333 e. The van der Waals surface area contributed by atoms with Crippen molar-refractivity contribution >= 4 is 33.1 Å². The van der Waals surface area contributed by atoms with Crippen LogP contribution in [0.25, 0.3) is 32.4 Å². The average molecular weight is 461 g/mol. The lowest BCUT2D eigenvalue weighted by Crippen LogP contribution is -2.28. The Kier molecular flexibility index (Phi) is 5.27. The number of fused-ring (bicyclic) bond motifs is 1. The molecule has 164 valence electrons. The molecule has 0 bridgehead atoms. The van der Waals surface area contributed by atoms with Crippen molar-refractivity contribution in [2.24, 2.45) is 0 Å². The molecule has 0 radical (unpaired) electrons. The number of anilines is 1. The fourth-order valence-corrected chi connectivity index (χ4v) is 4.46. The number of rotatable bonds is 5. The summed E-state index contributed by atoms with van der Waals surface area (Å²) in [5.41, 5.74) is 1.11. The predicted octanol–water partition coefficient (Wildman–Crippen LogP) is 4.26. The molecule has 0 aliphatic carbocycles. The summed E-state index contributed by atoms with van der Waals surface area (Å²) in [7, 11) is 0. The van der Waals surface area contributed by atoms with Crippen LogP contribution in [0.4, 0.5) is 10.1 Å². The fourth-order valence-electron chi connectivity index (χ4n) is 3.40. The monoisotopic (exact) mass is 461 g/mol. The molecule has 0 atom stereocenters. The first-order valence-corrected chi connectivity index (χ1v) is 10.8. The summed E-state index contributed by atoms with van der Waals surface area (Å²) in [4.78, 5) is 35.4. The van der Waals surface area contributed by atoms with E-state index in [-0.39, 0.29) is 23.7 Å². The first kappa shape index (κ1) is 20.7. The summed E-state index contributed by atoms with van der Waals surface area (Å²) in [5.74, 6) is -0.365. The maximum absolute atomic E-state index is 13.8. The molecule has 3 heterocycles. The van der Waals surface area contributed by atoms with Gasteiger partial charge in [-0.15, -0.1) is 11.3 Å². The van der Waals surface area contributed by atoms with E-state index in [0.29, 0.717) is 26.5 Å². The summed E-state index contributed by atoms with van der Waals surface area (Å²) in [6.07, 6.45) is 1.30. The minimum atomic E-state index is -0.556. The zero-order chi connectivity index (χ0) is 22.9. The van der Waals surface area contributed by atoms with E-state index in [0.717, 1.165) is 5.56 Å². The van der Waals surface area contributed by atoms with Gasteiger partial charge in [-0.2, -0.15) is 4.98 Å². The second-order valence-electron chi connectivity index (χ2n) is 7.23. The summed E-state index contributed by atoms with van der Waals surface area (Å²) in [5, 5.41) is 6.87. The maximum atomic E-state index is 13.8. The van der Waals surface area contributed by atoms with Crippen molar-refractivity contribution < 1.29 is 13.7 Å². The molecule has 0 aliphatic heterocycles. The van der Waals surface area contributed by atoms with Crippen molar-refractivity contribution in [3.63, 3.8) is 0 Å². The number of hydrogen-bond donors (Lipinski definition) is 1. The zero-order valence-corrected chi connectivity index (χ0v) is 18.1. The fraction of sp³-hybridized carbons (Fsp3) is 0.0870. The smallest absolute Gasteiger partial charge is 0.268 e. The van der Waals surface area contributed by atoms with Gasteiger partial charge < -0.3 is 9.84 Å². The number of benzene rings is 2. The number of aromatic nitrogens is 4. The lowest BCUT2D eigenvalue weighted by molar-refractivity contribution is -0.116. The minimum Gasteiger partial charge on any atom is -0.333 e. The normalized spacial score (nSPS) is 11.1. The molecule has 8 nitrogen and oxygen atoms in total. The van der Waals surface area contributed by atoms with E-state index in [4.69, 9.17) is 4.52 Å². The second-order valence-corrected chi connectivity index (χ2v) is 8.23. The van der Waals surface area contributed by atoms with Gasteiger partial charge in [0.05, 0.1) is 22.3 Å². The number of nitrogens with zero attached hydrogens (tertiary/aromatic N) is 4. The molecule has 0 fully saturated rings. The van der Waals surface area contributed by atoms with Gasteiger partial charge in [0.25, 0.3) is 11.4 Å². The van der Waals surface area contributed by atoms with Crippen LogP contribution in [0.5, 0.6) is 0 Å². The van der Waals surface area contributed by atoms with Crippen molar-refractivity contribution in [3.8, 4) is 22.2 Å². The number of aryl methyl sites for hydroxylation is 1. The molecule has 1 amide bonds. The average Bonchev–Trinajstić information content (AvgIpc) is 3.43. The topological polar surface area (TPSA) is 103 Å². The highest BCUT2D eigenvalue weighted by Crippen LogP contribution is 2.35. The van der Waals surface area contributed by atoms with Gasteiger partial charge in [-0.25, -0.2) is 9.37 Å². The van der Waals surface area contributed by atoms with E-state index in [2.05, 4.69) is 20.4 Å². The number of hydrogen-bond acceptors (Lipinski definition) is 7. The molecule has 0 saturated carbocycles. The van der Waals surface area contributed by atoms with Gasteiger partial charge in [-0.3, -0.25) is 14.2 Å². The lowest BCUT2D eigenvalue weighted by atomic mass is 10.2. The van der Waals surface area contributed by atoms with Crippen molar-refractivity contribution in [1.82, 2.24) is 19.7 Å². The Morgan fingerprint density at radius 2 is 1.91 bits per heavy atom. The molecular formula is C23H16FN5O3S. The van der Waals surface area contributed by atoms with Crippen molar-refractivity contribution in [3.05, 3.63) is 82.7 Å². The van der Waals surface area contributed by atoms with E-state index >= 15 is 0 Å². The van der Waals surface area contributed by atoms with Gasteiger partial charge >= 0.3 is 0 Å². The molecule has 0 unspecified atom stereocenters. The van der Waals surface area contributed by atoms with Crippen LogP contribution in [0.15, 0.2) is 70.2 Å².